The van der Waals surface area contributed by atoms with Gasteiger partial charge >= 0.3 is 0 Å². The molecular weight excluding hydrogens is 484 g/mol. The average Bonchev–Trinajstić information content (AvgIpc) is 2.93. The van der Waals surface area contributed by atoms with Gasteiger partial charge in [0.25, 0.3) is 0 Å². The second kappa shape index (κ2) is 15.7. The van der Waals surface area contributed by atoms with Crippen molar-refractivity contribution in [2.24, 2.45) is 11.5 Å². The normalized spacial score (nSPS) is 13.5. The zero-order chi connectivity index (χ0) is 28.9. The zero-order valence-corrected chi connectivity index (χ0v) is 24.0. The Morgan fingerprint density at radius 1 is 0.513 bits per heavy atom. The van der Waals surface area contributed by atoms with Crippen molar-refractivity contribution >= 4 is 0 Å². The first kappa shape index (κ1) is 31.6. The van der Waals surface area contributed by atoms with E-state index in [0.717, 1.165) is 0 Å². The molecule has 0 bridgehead atoms. The van der Waals surface area contributed by atoms with Gasteiger partial charge in [-0.15, -0.1) is 0 Å². The molecule has 0 aliphatic carbocycles. The lowest BCUT2D eigenvalue weighted by Crippen LogP contribution is -2.26. The van der Waals surface area contributed by atoms with Gasteiger partial charge < -0.3 is 26.4 Å². The monoisotopic (exact) mass is 528 g/mol. The minimum absolute atomic E-state index is 0.107. The van der Waals surface area contributed by atoms with Gasteiger partial charge in [-0.2, -0.15) is 0 Å². The molecule has 0 radical (unpaired) electrons. The van der Waals surface area contributed by atoms with Crippen LogP contribution in [0.1, 0.15) is 71.1 Å². The molecule has 5 nitrogen and oxygen atoms in total. The Bertz CT molecular complexity index is 1090. The SMILES string of the molecule is COC.Cc1ccccc1[C@@H](C)[C@H](C)c1ccccc1C.N[C@H](c1ccccc1O)[C@H](N)c1ccccc1O. The van der Waals surface area contributed by atoms with Crippen molar-refractivity contribution in [3.05, 3.63) is 130 Å². The summed E-state index contributed by atoms with van der Waals surface area (Å²) < 4.78 is 4.25. The molecule has 6 N–H and O–H groups in total. The van der Waals surface area contributed by atoms with E-state index in [4.69, 9.17) is 11.5 Å². The van der Waals surface area contributed by atoms with E-state index in [-0.39, 0.29) is 11.5 Å². The highest BCUT2D eigenvalue weighted by atomic mass is 16.4. The lowest BCUT2D eigenvalue weighted by molar-refractivity contribution is 0.277. The molecule has 0 heterocycles. The van der Waals surface area contributed by atoms with Crippen LogP contribution in [0.25, 0.3) is 0 Å². The Kier molecular flexibility index (Phi) is 12.7. The van der Waals surface area contributed by atoms with E-state index in [0.29, 0.717) is 23.0 Å². The number of methoxy groups -OCH3 is 1. The number of rotatable bonds is 6. The van der Waals surface area contributed by atoms with E-state index in [2.05, 4.69) is 81.0 Å². The number of hydrogen-bond acceptors (Lipinski definition) is 5. The van der Waals surface area contributed by atoms with Crippen LogP contribution in [0.5, 0.6) is 11.5 Å². The third-order valence-electron chi connectivity index (χ3n) is 7.09. The van der Waals surface area contributed by atoms with Crippen LogP contribution in [0.4, 0.5) is 0 Å². The highest BCUT2D eigenvalue weighted by Gasteiger charge is 2.22. The van der Waals surface area contributed by atoms with Gasteiger partial charge in [-0.25, -0.2) is 0 Å². The van der Waals surface area contributed by atoms with Crippen LogP contribution in [0.3, 0.4) is 0 Å². The summed E-state index contributed by atoms with van der Waals surface area (Å²) in [6.07, 6.45) is 0. The Hall–Kier alpha value is -3.64. The van der Waals surface area contributed by atoms with Crippen molar-refractivity contribution in [3.63, 3.8) is 0 Å². The molecular formula is C34H44N2O3. The van der Waals surface area contributed by atoms with Gasteiger partial charge in [0.05, 0.1) is 12.1 Å². The molecule has 4 aromatic rings. The van der Waals surface area contributed by atoms with E-state index in [9.17, 15) is 10.2 Å². The molecule has 5 heteroatoms. The topological polar surface area (TPSA) is 102 Å². The Morgan fingerprint density at radius 2 is 0.769 bits per heavy atom. The number of aromatic hydroxyl groups is 2. The third-order valence-corrected chi connectivity index (χ3v) is 7.09. The van der Waals surface area contributed by atoms with Crippen molar-refractivity contribution in [2.75, 3.05) is 14.2 Å². The minimum Gasteiger partial charge on any atom is -0.508 e. The molecule has 0 saturated carbocycles. The standard InChI is InChI=1S/C18H22.C14H16N2O2.C2H6O/c1-13-9-5-7-11-17(13)15(3)16(4)18-12-8-6-10-14(18)2;15-13(9-5-1-3-7-11(9)17)14(16)10-6-2-4-8-12(10)18;1-3-2/h5-12,15-16H,1-4H3;1-8,13-14,17-18H,15-16H2;1-2H3/t15-,16-;13-,14-;/m01./s1. The summed E-state index contributed by atoms with van der Waals surface area (Å²) in [5, 5.41) is 19.5. The van der Waals surface area contributed by atoms with Gasteiger partial charge in [-0.3, -0.25) is 0 Å². The lowest BCUT2D eigenvalue weighted by Gasteiger charge is -2.24. The molecule has 4 rings (SSSR count). The molecule has 0 fully saturated rings. The minimum atomic E-state index is -0.584. The van der Waals surface area contributed by atoms with Gasteiger partial charge in [0.2, 0.25) is 0 Å². The van der Waals surface area contributed by atoms with E-state index < -0.39 is 12.1 Å². The van der Waals surface area contributed by atoms with Crippen molar-refractivity contribution in [1.29, 1.82) is 0 Å². The Balaban J connectivity index is 0.000000249. The largest absolute Gasteiger partial charge is 0.508 e. The number of hydrogen-bond donors (Lipinski definition) is 4. The van der Waals surface area contributed by atoms with Gasteiger partial charge in [0.15, 0.2) is 0 Å². The van der Waals surface area contributed by atoms with Crippen LogP contribution in [0.2, 0.25) is 0 Å². The van der Waals surface area contributed by atoms with Gasteiger partial charge in [-0.05, 0) is 60.1 Å². The predicted octanol–water partition coefficient (Wildman–Crippen LogP) is 7.27. The van der Waals surface area contributed by atoms with Crippen LogP contribution in [-0.2, 0) is 4.74 Å². The van der Waals surface area contributed by atoms with E-state index in [1.165, 1.54) is 22.3 Å². The highest BCUT2D eigenvalue weighted by molar-refractivity contribution is 5.41. The molecule has 0 amide bonds. The maximum atomic E-state index is 9.75. The zero-order valence-electron chi connectivity index (χ0n) is 24.0. The maximum absolute atomic E-state index is 9.75. The number of aryl methyl sites for hydroxylation is 2. The Morgan fingerprint density at radius 3 is 1.05 bits per heavy atom. The molecule has 4 atom stereocenters. The molecule has 0 saturated heterocycles. The molecule has 208 valence electrons. The van der Waals surface area contributed by atoms with Crippen LogP contribution >= 0.6 is 0 Å². The molecule has 0 aliphatic rings. The summed E-state index contributed by atoms with van der Waals surface area (Å²) in [4.78, 5) is 0. The lowest BCUT2D eigenvalue weighted by atomic mass is 9.81. The summed E-state index contributed by atoms with van der Waals surface area (Å²) in [6.45, 7) is 9.08. The number of phenols is 2. The maximum Gasteiger partial charge on any atom is 0.120 e. The van der Waals surface area contributed by atoms with Gasteiger partial charge in [-0.1, -0.05) is 98.8 Å². The second-order valence-electron chi connectivity index (χ2n) is 9.87. The van der Waals surface area contributed by atoms with Crippen molar-refractivity contribution in [2.45, 2.75) is 51.6 Å². The van der Waals surface area contributed by atoms with E-state index >= 15 is 0 Å². The Labute approximate surface area is 234 Å². The molecule has 4 aromatic carbocycles. The summed E-state index contributed by atoms with van der Waals surface area (Å²) >= 11 is 0. The van der Waals surface area contributed by atoms with Crippen LogP contribution in [-0.4, -0.2) is 24.4 Å². The molecule has 0 aromatic heterocycles. The van der Waals surface area contributed by atoms with Crippen LogP contribution < -0.4 is 11.5 Å². The predicted molar refractivity (Wildman–Crippen MR) is 162 cm³/mol. The summed E-state index contributed by atoms with van der Waals surface area (Å²) in [5.74, 6) is 1.31. The number of para-hydroxylation sites is 2. The number of phenolic OH excluding ortho intramolecular Hbond substituents is 2. The summed E-state index contributed by atoms with van der Waals surface area (Å²) in [6, 6.07) is 29.8. The van der Waals surface area contributed by atoms with Crippen LogP contribution in [0, 0.1) is 13.8 Å². The number of benzene rings is 4. The fourth-order valence-corrected chi connectivity index (χ4v) is 4.66. The van der Waals surface area contributed by atoms with E-state index in [1.54, 1.807) is 62.8 Å². The fourth-order valence-electron chi connectivity index (χ4n) is 4.66. The van der Waals surface area contributed by atoms with Crippen molar-refractivity contribution < 1.29 is 14.9 Å². The van der Waals surface area contributed by atoms with Crippen LogP contribution in [0.15, 0.2) is 97.1 Å². The number of ether oxygens (including phenoxy) is 1. The molecule has 0 spiro atoms. The fraction of sp³-hybridized carbons (Fsp3) is 0.294. The van der Waals surface area contributed by atoms with E-state index in [1.807, 2.05) is 0 Å². The average molecular weight is 529 g/mol. The summed E-state index contributed by atoms with van der Waals surface area (Å²) in [5.41, 5.74) is 18.9. The van der Waals surface area contributed by atoms with Crippen molar-refractivity contribution in [1.82, 2.24) is 0 Å². The van der Waals surface area contributed by atoms with Gasteiger partial charge in [0.1, 0.15) is 11.5 Å². The van der Waals surface area contributed by atoms with Crippen molar-refractivity contribution in [3.8, 4) is 11.5 Å². The quantitative estimate of drug-likeness (QED) is 0.211. The smallest absolute Gasteiger partial charge is 0.120 e. The first-order valence-electron chi connectivity index (χ1n) is 13.2. The molecule has 0 unspecified atom stereocenters. The second-order valence-corrected chi connectivity index (χ2v) is 9.87. The third kappa shape index (κ3) is 8.69. The van der Waals surface area contributed by atoms with Gasteiger partial charge in [0, 0.05) is 25.3 Å². The number of nitrogens with two attached hydrogens (primary N) is 2. The molecule has 39 heavy (non-hydrogen) atoms. The summed E-state index contributed by atoms with van der Waals surface area (Å²) in [7, 11) is 3.25. The molecule has 0 aliphatic heterocycles. The highest BCUT2D eigenvalue weighted by Crippen LogP contribution is 2.35. The first-order valence-corrected chi connectivity index (χ1v) is 13.2. The first-order chi connectivity index (χ1) is 18.6.